The van der Waals surface area contributed by atoms with Crippen LogP contribution in [-0.4, -0.2) is 23.1 Å². The van der Waals surface area contributed by atoms with Gasteiger partial charge in [0.1, 0.15) is 6.07 Å². The first-order valence-electron chi connectivity index (χ1n) is 4.88. The highest BCUT2D eigenvalue weighted by atomic mass is 15.2. The molecule has 0 spiro atoms. The van der Waals surface area contributed by atoms with E-state index in [2.05, 4.69) is 20.9 Å². The Morgan fingerprint density at radius 2 is 1.86 bits per heavy atom. The predicted octanol–water partition coefficient (Wildman–Crippen LogP) is 1.34. The molecule has 1 aliphatic heterocycles. The van der Waals surface area contributed by atoms with Crippen molar-refractivity contribution in [3.63, 3.8) is 0 Å². The van der Waals surface area contributed by atoms with E-state index in [1.807, 2.05) is 0 Å². The molecule has 0 aliphatic carbocycles. The van der Waals surface area contributed by atoms with Crippen molar-refractivity contribution in [2.75, 3.05) is 18.0 Å². The summed E-state index contributed by atoms with van der Waals surface area (Å²) in [5.74, 6) is 0.745. The van der Waals surface area contributed by atoms with Crippen molar-refractivity contribution in [1.29, 1.82) is 5.26 Å². The molecule has 2 heterocycles. The molecule has 4 heteroatoms. The Bertz CT molecular complexity index is 349. The molecule has 4 nitrogen and oxygen atoms in total. The van der Waals surface area contributed by atoms with Gasteiger partial charge in [-0.2, -0.15) is 5.26 Å². The van der Waals surface area contributed by atoms with E-state index in [1.54, 1.807) is 12.4 Å². The number of aromatic nitrogens is 2. The first-order chi connectivity index (χ1) is 6.92. The predicted molar refractivity (Wildman–Crippen MR) is 52.8 cm³/mol. The molecule has 1 aromatic rings. The largest absolute Gasteiger partial charge is 0.354 e. The molecule has 0 aromatic carbocycles. The molecule has 0 N–H and O–H groups in total. The molecule has 0 radical (unpaired) electrons. The summed E-state index contributed by atoms with van der Waals surface area (Å²) in [6.07, 6.45) is 6.85. The molecular weight excluding hydrogens is 176 g/mol. The van der Waals surface area contributed by atoms with Crippen LogP contribution in [0.3, 0.4) is 0 Å². The summed E-state index contributed by atoms with van der Waals surface area (Å²) in [4.78, 5) is 10.4. The third-order valence-electron chi connectivity index (χ3n) is 2.44. The Morgan fingerprint density at radius 3 is 2.57 bits per heavy atom. The average molecular weight is 188 g/mol. The maximum absolute atomic E-state index is 8.87. The molecule has 0 saturated carbocycles. The third kappa shape index (κ3) is 1.67. The molecule has 0 unspecified atom stereocenters. The first kappa shape index (κ1) is 8.95. The van der Waals surface area contributed by atoms with Crippen LogP contribution in [0, 0.1) is 11.3 Å². The number of nitriles is 1. The van der Waals surface area contributed by atoms with Crippen molar-refractivity contribution < 1.29 is 0 Å². The Morgan fingerprint density at radius 1 is 1.14 bits per heavy atom. The van der Waals surface area contributed by atoms with Crippen molar-refractivity contribution >= 4 is 5.82 Å². The van der Waals surface area contributed by atoms with Gasteiger partial charge >= 0.3 is 0 Å². The van der Waals surface area contributed by atoms with Crippen LogP contribution in [0.5, 0.6) is 0 Å². The van der Waals surface area contributed by atoms with Crippen molar-refractivity contribution in [1.82, 2.24) is 9.97 Å². The van der Waals surface area contributed by atoms with Crippen LogP contribution in [0.15, 0.2) is 12.4 Å². The molecular formula is C10H12N4. The molecule has 1 fully saturated rings. The van der Waals surface area contributed by atoms with Gasteiger partial charge in [0.2, 0.25) is 0 Å². The van der Waals surface area contributed by atoms with E-state index in [0.29, 0.717) is 5.69 Å². The van der Waals surface area contributed by atoms with E-state index >= 15 is 0 Å². The van der Waals surface area contributed by atoms with Crippen molar-refractivity contribution in [2.24, 2.45) is 0 Å². The highest BCUT2D eigenvalue weighted by Crippen LogP contribution is 2.18. The standard InChI is InChI=1S/C10H12N4/c11-8-9-10(13-5-4-12-9)14-6-2-1-3-7-14/h4-5H,1-3,6-7H2. The maximum atomic E-state index is 8.87. The lowest BCUT2D eigenvalue weighted by atomic mass is 10.1. The summed E-state index contributed by atoms with van der Waals surface area (Å²) in [5.41, 5.74) is 0.439. The van der Waals surface area contributed by atoms with Gasteiger partial charge in [0.15, 0.2) is 11.5 Å². The molecule has 0 bridgehead atoms. The highest BCUT2D eigenvalue weighted by molar-refractivity contribution is 5.49. The Hall–Kier alpha value is -1.63. The minimum absolute atomic E-state index is 0.439. The second-order valence-corrected chi connectivity index (χ2v) is 3.39. The quantitative estimate of drug-likeness (QED) is 0.667. The number of anilines is 1. The zero-order valence-corrected chi connectivity index (χ0v) is 7.98. The number of hydrogen-bond acceptors (Lipinski definition) is 4. The van der Waals surface area contributed by atoms with Crippen LogP contribution in [-0.2, 0) is 0 Å². The number of rotatable bonds is 1. The van der Waals surface area contributed by atoms with Crippen LogP contribution < -0.4 is 4.90 Å². The van der Waals surface area contributed by atoms with Crippen molar-refractivity contribution in [2.45, 2.75) is 19.3 Å². The maximum Gasteiger partial charge on any atom is 0.183 e. The minimum Gasteiger partial charge on any atom is -0.354 e. The second kappa shape index (κ2) is 4.05. The van der Waals surface area contributed by atoms with E-state index in [0.717, 1.165) is 18.9 Å². The Labute approximate surface area is 83.2 Å². The Balaban J connectivity index is 2.26. The number of nitrogens with zero attached hydrogens (tertiary/aromatic N) is 4. The van der Waals surface area contributed by atoms with Gasteiger partial charge in [-0.05, 0) is 19.3 Å². The molecule has 1 saturated heterocycles. The zero-order chi connectivity index (χ0) is 9.80. The van der Waals surface area contributed by atoms with Gasteiger partial charge in [0.25, 0.3) is 0 Å². The molecule has 1 aromatic heterocycles. The van der Waals surface area contributed by atoms with Crippen molar-refractivity contribution in [3.8, 4) is 6.07 Å². The molecule has 0 atom stereocenters. The molecule has 2 rings (SSSR count). The van der Waals surface area contributed by atoms with Crippen LogP contribution in [0.4, 0.5) is 5.82 Å². The first-order valence-corrected chi connectivity index (χ1v) is 4.88. The topological polar surface area (TPSA) is 52.8 Å². The fourth-order valence-electron chi connectivity index (χ4n) is 1.75. The normalized spacial score (nSPS) is 16.4. The summed E-state index contributed by atoms with van der Waals surface area (Å²) in [6.45, 7) is 1.99. The van der Waals surface area contributed by atoms with Gasteiger partial charge in [-0.1, -0.05) is 0 Å². The summed E-state index contributed by atoms with van der Waals surface area (Å²) in [5, 5.41) is 8.87. The fraction of sp³-hybridized carbons (Fsp3) is 0.500. The van der Waals surface area contributed by atoms with Gasteiger partial charge in [-0.15, -0.1) is 0 Å². The van der Waals surface area contributed by atoms with Crippen LogP contribution >= 0.6 is 0 Å². The summed E-state index contributed by atoms with van der Waals surface area (Å²) in [7, 11) is 0. The van der Waals surface area contributed by atoms with E-state index < -0.39 is 0 Å². The van der Waals surface area contributed by atoms with Gasteiger partial charge < -0.3 is 4.90 Å². The smallest absolute Gasteiger partial charge is 0.183 e. The lowest BCUT2D eigenvalue weighted by Crippen LogP contribution is -2.31. The number of hydrogen-bond donors (Lipinski definition) is 0. The number of piperidine rings is 1. The van der Waals surface area contributed by atoms with E-state index in [9.17, 15) is 0 Å². The lowest BCUT2D eigenvalue weighted by molar-refractivity contribution is 0.572. The summed E-state index contributed by atoms with van der Waals surface area (Å²) in [6, 6.07) is 2.08. The average Bonchev–Trinajstić information content (AvgIpc) is 2.30. The summed E-state index contributed by atoms with van der Waals surface area (Å²) >= 11 is 0. The van der Waals surface area contributed by atoms with E-state index in [4.69, 9.17) is 5.26 Å². The fourth-order valence-corrected chi connectivity index (χ4v) is 1.75. The van der Waals surface area contributed by atoms with Gasteiger partial charge in [0.05, 0.1) is 0 Å². The van der Waals surface area contributed by atoms with Crippen LogP contribution in [0.2, 0.25) is 0 Å². The third-order valence-corrected chi connectivity index (χ3v) is 2.44. The highest BCUT2D eigenvalue weighted by Gasteiger charge is 2.15. The zero-order valence-electron chi connectivity index (χ0n) is 7.98. The molecule has 1 aliphatic rings. The SMILES string of the molecule is N#Cc1nccnc1N1CCCCC1. The van der Waals surface area contributed by atoms with Gasteiger partial charge in [-0.3, -0.25) is 0 Å². The van der Waals surface area contributed by atoms with Gasteiger partial charge in [-0.25, -0.2) is 9.97 Å². The molecule has 14 heavy (non-hydrogen) atoms. The Kier molecular flexibility index (Phi) is 2.59. The molecule has 0 amide bonds. The van der Waals surface area contributed by atoms with Gasteiger partial charge in [0, 0.05) is 25.5 Å². The van der Waals surface area contributed by atoms with E-state index in [1.165, 1.54) is 19.3 Å². The molecule has 72 valence electrons. The minimum atomic E-state index is 0.439. The lowest BCUT2D eigenvalue weighted by Gasteiger charge is -2.27. The second-order valence-electron chi connectivity index (χ2n) is 3.39. The monoisotopic (exact) mass is 188 g/mol. The van der Waals surface area contributed by atoms with Crippen LogP contribution in [0.25, 0.3) is 0 Å². The summed E-state index contributed by atoms with van der Waals surface area (Å²) < 4.78 is 0. The van der Waals surface area contributed by atoms with E-state index in [-0.39, 0.29) is 0 Å². The van der Waals surface area contributed by atoms with Crippen LogP contribution in [0.1, 0.15) is 25.0 Å². The van der Waals surface area contributed by atoms with Crippen molar-refractivity contribution in [3.05, 3.63) is 18.1 Å².